The first kappa shape index (κ1) is 16.4. The van der Waals surface area contributed by atoms with E-state index in [1.165, 1.54) is 0 Å². The third-order valence-corrected chi connectivity index (χ3v) is 2.97. The minimum absolute atomic E-state index is 0.00545. The van der Waals surface area contributed by atoms with E-state index in [4.69, 9.17) is 9.84 Å². The van der Waals surface area contributed by atoms with Gasteiger partial charge in [-0.2, -0.15) is 0 Å². The Bertz CT molecular complexity index is 354. The van der Waals surface area contributed by atoms with Gasteiger partial charge in [-0.25, -0.2) is 4.79 Å². The van der Waals surface area contributed by atoms with Gasteiger partial charge in [0.15, 0.2) is 0 Å². The summed E-state index contributed by atoms with van der Waals surface area (Å²) in [6.45, 7) is 1.47. The molecular formula is C12H20N2O6. The van der Waals surface area contributed by atoms with E-state index in [9.17, 15) is 14.4 Å². The zero-order chi connectivity index (χ0) is 15.0. The number of esters is 1. The van der Waals surface area contributed by atoms with Gasteiger partial charge in [0.05, 0.1) is 19.6 Å². The summed E-state index contributed by atoms with van der Waals surface area (Å²) in [4.78, 5) is 33.6. The van der Waals surface area contributed by atoms with Crippen LogP contribution in [0.25, 0.3) is 0 Å². The van der Waals surface area contributed by atoms with Crippen molar-refractivity contribution in [3.05, 3.63) is 0 Å². The SMILES string of the molecule is COC(=O)C[C@H](NC(=O)COC1CCNCC1)C(=O)O. The van der Waals surface area contributed by atoms with Gasteiger partial charge in [-0.3, -0.25) is 9.59 Å². The number of methoxy groups -OCH3 is 1. The maximum Gasteiger partial charge on any atom is 0.326 e. The van der Waals surface area contributed by atoms with Gasteiger partial charge in [-0.05, 0) is 25.9 Å². The van der Waals surface area contributed by atoms with Crippen LogP contribution in [0.1, 0.15) is 19.3 Å². The fraction of sp³-hybridized carbons (Fsp3) is 0.750. The molecule has 0 radical (unpaired) electrons. The number of nitrogens with one attached hydrogen (secondary N) is 2. The number of ether oxygens (including phenoxy) is 2. The van der Waals surface area contributed by atoms with E-state index in [2.05, 4.69) is 15.4 Å². The molecule has 0 aliphatic carbocycles. The lowest BCUT2D eigenvalue weighted by Crippen LogP contribution is -2.44. The second kappa shape index (κ2) is 8.49. The predicted octanol–water partition coefficient (Wildman–Crippen LogP) is -1.11. The first-order valence-corrected chi connectivity index (χ1v) is 6.44. The van der Waals surface area contributed by atoms with E-state index in [0.29, 0.717) is 0 Å². The highest BCUT2D eigenvalue weighted by Crippen LogP contribution is 2.06. The van der Waals surface area contributed by atoms with Crippen molar-refractivity contribution < 1.29 is 29.0 Å². The quantitative estimate of drug-likeness (QED) is 0.509. The standard InChI is InChI=1S/C12H20N2O6/c1-19-11(16)6-9(12(17)18)14-10(15)7-20-8-2-4-13-5-3-8/h8-9,13H,2-7H2,1H3,(H,14,15)(H,17,18)/t9-/m0/s1. The van der Waals surface area contributed by atoms with E-state index in [1.54, 1.807) is 0 Å². The number of hydrogen-bond acceptors (Lipinski definition) is 6. The smallest absolute Gasteiger partial charge is 0.326 e. The molecule has 0 aromatic carbocycles. The normalized spacial score (nSPS) is 17.2. The Hall–Kier alpha value is -1.67. The molecule has 1 aliphatic heterocycles. The number of amides is 1. The van der Waals surface area contributed by atoms with E-state index < -0.39 is 30.3 Å². The van der Waals surface area contributed by atoms with Gasteiger partial charge < -0.3 is 25.2 Å². The number of carboxylic acid groups (broad SMARTS) is 1. The maximum atomic E-state index is 11.6. The van der Waals surface area contributed by atoms with Crippen LogP contribution in [-0.2, 0) is 23.9 Å². The van der Waals surface area contributed by atoms with E-state index >= 15 is 0 Å². The van der Waals surface area contributed by atoms with Crippen molar-refractivity contribution in [1.29, 1.82) is 0 Å². The van der Waals surface area contributed by atoms with E-state index in [1.807, 2.05) is 0 Å². The molecule has 1 heterocycles. The summed E-state index contributed by atoms with van der Waals surface area (Å²) in [5.41, 5.74) is 0. The molecule has 0 aromatic heterocycles. The first-order valence-electron chi connectivity index (χ1n) is 6.44. The zero-order valence-electron chi connectivity index (χ0n) is 11.4. The Morgan fingerprint density at radius 2 is 2.00 bits per heavy atom. The fourth-order valence-corrected chi connectivity index (χ4v) is 1.84. The number of carbonyl (C=O) groups is 3. The van der Waals surface area contributed by atoms with Gasteiger partial charge in [0.1, 0.15) is 12.6 Å². The van der Waals surface area contributed by atoms with Crippen molar-refractivity contribution in [1.82, 2.24) is 10.6 Å². The average molecular weight is 288 g/mol. The molecule has 0 unspecified atom stereocenters. The third kappa shape index (κ3) is 5.98. The Labute approximate surface area is 116 Å². The van der Waals surface area contributed by atoms with Crippen LogP contribution in [-0.4, -0.2) is 61.9 Å². The minimum atomic E-state index is -1.30. The van der Waals surface area contributed by atoms with E-state index in [0.717, 1.165) is 33.0 Å². The predicted molar refractivity (Wildman–Crippen MR) is 68.0 cm³/mol. The number of hydrogen-bond donors (Lipinski definition) is 3. The van der Waals surface area contributed by atoms with Crippen LogP contribution in [0.15, 0.2) is 0 Å². The fourth-order valence-electron chi connectivity index (χ4n) is 1.84. The molecule has 0 saturated carbocycles. The number of carbonyl (C=O) groups excluding carboxylic acids is 2. The largest absolute Gasteiger partial charge is 0.480 e. The zero-order valence-corrected chi connectivity index (χ0v) is 11.4. The molecule has 0 bridgehead atoms. The average Bonchev–Trinajstić information content (AvgIpc) is 2.45. The molecule has 8 nitrogen and oxygen atoms in total. The van der Waals surface area contributed by atoms with Gasteiger partial charge in [0, 0.05) is 0 Å². The topological polar surface area (TPSA) is 114 Å². The molecule has 1 fully saturated rings. The summed E-state index contributed by atoms with van der Waals surface area (Å²) in [5.74, 6) is -2.54. The molecule has 1 saturated heterocycles. The molecule has 8 heteroatoms. The summed E-state index contributed by atoms with van der Waals surface area (Å²) in [5, 5.41) is 14.3. The highest BCUT2D eigenvalue weighted by atomic mass is 16.5. The summed E-state index contributed by atoms with van der Waals surface area (Å²) < 4.78 is 9.77. The van der Waals surface area contributed by atoms with Crippen LogP contribution in [0.5, 0.6) is 0 Å². The molecule has 3 N–H and O–H groups in total. The summed E-state index contributed by atoms with van der Waals surface area (Å²) in [7, 11) is 1.16. The lowest BCUT2D eigenvalue weighted by Gasteiger charge is -2.23. The van der Waals surface area contributed by atoms with Crippen molar-refractivity contribution >= 4 is 17.8 Å². The van der Waals surface area contributed by atoms with Gasteiger partial charge >= 0.3 is 11.9 Å². The number of rotatable bonds is 7. The minimum Gasteiger partial charge on any atom is -0.480 e. The lowest BCUT2D eigenvalue weighted by molar-refractivity contribution is -0.149. The molecule has 1 aliphatic rings. The third-order valence-electron chi connectivity index (χ3n) is 2.97. The van der Waals surface area contributed by atoms with Crippen LogP contribution >= 0.6 is 0 Å². The molecule has 114 valence electrons. The Balaban J connectivity index is 2.33. The van der Waals surface area contributed by atoms with E-state index in [-0.39, 0.29) is 12.7 Å². The van der Waals surface area contributed by atoms with Crippen molar-refractivity contribution in [3.8, 4) is 0 Å². The Kier molecular flexibility index (Phi) is 6.96. The highest BCUT2D eigenvalue weighted by Gasteiger charge is 2.24. The van der Waals surface area contributed by atoms with Crippen molar-refractivity contribution in [2.45, 2.75) is 31.4 Å². The van der Waals surface area contributed by atoms with Crippen LogP contribution in [0.2, 0.25) is 0 Å². The first-order chi connectivity index (χ1) is 9.52. The number of aliphatic carboxylic acids is 1. The molecule has 0 aromatic rings. The van der Waals surface area contributed by atoms with Crippen molar-refractivity contribution in [2.75, 3.05) is 26.8 Å². The highest BCUT2D eigenvalue weighted by molar-refractivity contribution is 5.87. The summed E-state index contributed by atoms with van der Waals surface area (Å²) in [6, 6.07) is -1.30. The van der Waals surface area contributed by atoms with Crippen molar-refractivity contribution in [2.24, 2.45) is 0 Å². The van der Waals surface area contributed by atoms with Crippen LogP contribution < -0.4 is 10.6 Å². The number of carboxylic acids is 1. The second-order valence-corrected chi connectivity index (χ2v) is 4.50. The Morgan fingerprint density at radius 3 is 2.55 bits per heavy atom. The number of piperidine rings is 1. The molecule has 1 atom stereocenters. The van der Waals surface area contributed by atoms with Crippen molar-refractivity contribution in [3.63, 3.8) is 0 Å². The monoisotopic (exact) mass is 288 g/mol. The second-order valence-electron chi connectivity index (χ2n) is 4.50. The molecule has 1 amide bonds. The lowest BCUT2D eigenvalue weighted by atomic mass is 10.1. The Morgan fingerprint density at radius 1 is 1.35 bits per heavy atom. The van der Waals surface area contributed by atoms with Gasteiger partial charge in [-0.1, -0.05) is 0 Å². The van der Waals surface area contributed by atoms with Gasteiger partial charge in [0.2, 0.25) is 5.91 Å². The molecule has 0 spiro atoms. The van der Waals surface area contributed by atoms with Gasteiger partial charge in [-0.15, -0.1) is 0 Å². The van der Waals surface area contributed by atoms with Crippen LogP contribution in [0, 0.1) is 0 Å². The maximum absolute atomic E-state index is 11.6. The summed E-state index contributed by atoms with van der Waals surface area (Å²) in [6.07, 6.45) is 1.23. The van der Waals surface area contributed by atoms with Crippen LogP contribution in [0.4, 0.5) is 0 Å². The molecular weight excluding hydrogens is 268 g/mol. The van der Waals surface area contributed by atoms with Crippen LogP contribution in [0.3, 0.4) is 0 Å². The molecule has 1 rings (SSSR count). The summed E-state index contributed by atoms with van der Waals surface area (Å²) >= 11 is 0. The van der Waals surface area contributed by atoms with Gasteiger partial charge in [0.25, 0.3) is 0 Å². The molecule has 20 heavy (non-hydrogen) atoms.